The highest BCUT2D eigenvalue weighted by molar-refractivity contribution is 6.31. The third kappa shape index (κ3) is 2.93. The quantitative estimate of drug-likeness (QED) is 0.882. The van der Waals surface area contributed by atoms with Gasteiger partial charge in [0.2, 0.25) is 0 Å². The van der Waals surface area contributed by atoms with Gasteiger partial charge >= 0.3 is 0 Å². The number of hydrogen-bond donors (Lipinski definition) is 2. The summed E-state index contributed by atoms with van der Waals surface area (Å²) < 4.78 is 0. The number of hydrogen-bond acceptors (Lipinski definition) is 4. The van der Waals surface area contributed by atoms with Gasteiger partial charge in [-0.05, 0) is 38.5 Å². The van der Waals surface area contributed by atoms with Gasteiger partial charge in [-0.2, -0.15) is 0 Å². The fourth-order valence-electron chi connectivity index (χ4n) is 2.54. The Kier molecular flexibility index (Phi) is 4.40. The number of rotatable bonds is 4. The molecule has 18 heavy (non-hydrogen) atoms. The van der Waals surface area contributed by atoms with Gasteiger partial charge in [-0.1, -0.05) is 18.0 Å². The summed E-state index contributed by atoms with van der Waals surface area (Å²) >= 11 is 6.07. The van der Waals surface area contributed by atoms with Crippen LogP contribution in [0.4, 0.5) is 5.82 Å². The van der Waals surface area contributed by atoms with Gasteiger partial charge in [0.05, 0.1) is 11.4 Å². The van der Waals surface area contributed by atoms with Crippen LogP contribution >= 0.6 is 11.6 Å². The monoisotopic (exact) mass is 269 g/mol. The summed E-state index contributed by atoms with van der Waals surface area (Å²) in [5.74, 6) is 1.58. The predicted molar refractivity (Wildman–Crippen MR) is 72.9 cm³/mol. The lowest BCUT2D eigenvalue weighted by Gasteiger charge is -2.18. The van der Waals surface area contributed by atoms with Crippen molar-refractivity contribution in [3.05, 3.63) is 16.5 Å². The van der Waals surface area contributed by atoms with Crippen molar-refractivity contribution >= 4 is 17.4 Å². The second-order valence-electron chi connectivity index (χ2n) is 5.05. The van der Waals surface area contributed by atoms with Gasteiger partial charge in [0.1, 0.15) is 0 Å². The van der Waals surface area contributed by atoms with Crippen LogP contribution < -0.4 is 5.32 Å². The van der Waals surface area contributed by atoms with Crippen LogP contribution in [0, 0.1) is 25.7 Å². The van der Waals surface area contributed by atoms with E-state index in [1.165, 1.54) is 6.42 Å². The summed E-state index contributed by atoms with van der Waals surface area (Å²) in [4.78, 5) is 8.66. The molecule has 0 bridgehead atoms. The predicted octanol–water partition coefficient (Wildman–Crippen LogP) is 2.57. The average Bonchev–Trinajstić information content (AvgIpc) is 2.79. The topological polar surface area (TPSA) is 58.0 Å². The molecule has 2 N–H and O–H groups in total. The number of halogens is 1. The SMILES string of the molecule is Cc1nc(Cl)c(NCC2CCCC2CO)nc1C. The second kappa shape index (κ2) is 5.85. The molecule has 2 unspecified atom stereocenters. The number of aromatic nitrogens is 2. The molecule has 0 saturated heterocycles. The van der Waals surface area contributed by atoms with E-state index in [1.54, 1.807) is 0 Å². The zero-order valence-electron chi connectivity index (χ0n) is 10.9. The minimum Gasteiger partial charge on any atom is -0.396 e. The number of aliphatic hydroxyl groups excluding tert-OH is 1. The number of nitrogens with zero attached hydrogens (tertiary/aromatic N) is 2. The Morgan fingerprint density at radius 3 is 2.61 bits per heavy atom. The molecule has 1 aromatic rings. The lowest BCUT2D eigenvalue weighted by Crippen LogP contribution is -2.21. The van der Waals surface area contributed by atoms with Crippen molar-refractivity contribution < 1.29 is 5.11 Å². The zero-order valence-corrected chi connectivity index (χ0v) is 11.7. The minimum atomic E-state index is 0.276. The van der Waals surface area contributed by atoms with Crippen LogP contribution in [0.3, 0.4) is 0 Å². The highest BCUT2D eigenvalue weighted by Gasteiger charge is 2.26. The first-order valence-corrected chi connectivity index (χ1v) is 6.85. The Morgan fingerprint density at radius 1 is 1.22 bits per heavy atom. The molecule has 0 aromatic carbocycles. The fourth-order valence-corrected chi connectivity index (χ4v) is 2.77. The molecule has 0 amide bonds. The maximum atomic E-state index is 9.29. The molecular weight excluding hydrogens is 250 g/mol. The van der Waals surface area contributed by atoms with E-state index < -0.39 is 0 Å². The van der Waals surface area contributed by atoms with Crippen molar-refractivity contribution in [3.63, 3.8) is 0 Å². The molecule has 0 radical (unpaired) electrons. The summed E-state index contributed by atoms with van der Waals surface area (Å²) in [6.45, 7) is 4.91. The van der Waals surface area contributed by atoms with E-state index in [-0.39, 0.29) is 6.61 Å². The zero-order chi connectivity index (χ0) is 13.1. The van der Waals surface area contributed by atoms with Gasteiger partial charge in [0, 0.05) is 13.2 Å². The van der Waals surface area contributed by atoms with Crippen LogP contribution in [0.15, 0.2) is 0 Å². The van der Waals surface area contributed by atoms with E-state index >= 15 is 0 Å². The summed E-state index contributed by atoms with van der Waals surface area (Å²) in [6.07, 6.45) is 3.48. The number of aliphatic hydroxyl groups is 1. The van der Waals surface area contributed by atoms with Crippen molar-refractivity contribution in [2.75, 3.05) is 18.5 Å². The molecule has 1 aromatic heterocycles. The first-order valence-electron chi connectivity index (χ1n) is 6.47. The van der Waals surface area contributed by atoms with E-state index in [0.717, 1.165) is 30.8 Å². The molecule has 2 rings (SSSR count). The minimum absolute atomic E-state index is 0.276. The third-order valence-electron chi connectivity index (χ3n) is 3.85. The molecule has 0 spiro atoms. The maximum absolute atomic E-state index is 9.29. The van der Waals surface area contributed by atoms with E-state index in [0.29, 0.717) is 22.8 Å². The van der Waals surface area contributed by atoms with Crippen LogP contribution in [-0.2, 0) is 0 Å². The molecule has 0 aliphatic heterocycles. The average molecular weight is 270 g/mol. The number of nitrogens with one attached hydrogen (secondary N) is 1. The largest absolute Gasteiger partial charge is 0.396 e. The van der Waals surface area contributed by atoms with Crippen LogP contribution in [0.2, 0.25) is 5.15 Å². The molecule has 2 atom stereocenters. The first-order chi connectivity index (χ1) is 8.61. The highest BCUT2D eigenvalue weighted by Crippen LogP contribution is 2.31. The molecule has 1 heterocycles. The van der Waals surface area contributed by atoms with E-state index in [9.17, 15) is 5.11 Å². The van der Waals surface area contributed by atoms with E-state index in [2.05, 4.69) is 15.3 Å². The van der Waals surface area contributed by atoms with E-state index in [1.807, 2.05) is 13.8 Å². The van der Waals surface area contributed by atoms with Crippen molar-refractivity contribution in [2.45, 2.75) is 33.1 Å². The van der Waals surface area contributed by atoms with Gasteiger partial charge in [-0.3, -0.25) is 0 Å². The number of aryl methyl sites for hydroxylation is 2. The fraction of sp³-hybridized carbons (Fsp3) is 0.692. The lowest BCUT2D eigenvalue weighted by molar-refractivity contribution is 0.199. The normalized spacial score (nSPS) is 23.3. The van der Waals surface area contributed by atoms with Gasteiger partial charge in [-0.15, -0.1) is 0 Å². The molecule has 100 valence electrons. The van der Waals surface area contributed by atoms with Crippen LogP contribution in [0.25, 0.3) is 0 Å². The van der Waals surface area contributed by atoms with E-state index in [4.69, 9.17) is 11.6 Å². The smallest absolute Gasteiger partial charge is 0.171 e. The molecule has 5 heteroatoms. The van der Waals surface area contributed by atoms with Crippen molar-refractivity contribution in [2.24, 2.45) is 11.8 Å². The summed E-state index contributed by atoms with van der Waals surface area (Å²) in [7, 11) is 0. The first kappa shape index (κ1) is 13.6. The molecular formula is C13H20ClN3O. The van der Waals surface area contributed by atoms with Crippen molar-refractivity contribution in [1.82, 2.24) is 9.97 Å². The van der Waals surface area contributed by atoms with Crippen LogP contribution in [0.5, 0.6) is 0 Å². The molecule has 4 nitrogen and oxygen atoms in total. The Bertz CT molecular complexity index is 425. The standard InChI is InChI=1S/C13H20ClN3O/c1-8-9(2)17-13(12(14)16-8)15-6-10-4-3-5-11(10)7-18/h10-11,18H,3-7H2,1-2H3,(H,15,17). The Balaban J connectivity index is 2.00. The maximum Gasteiger partial charge on any atom is 0.171 e. The van der Waals surface area contributed by atoms with Crippen LogP contribution in [0.1, 0.15) is 30.7 Å². The molecule has 1 aliphatic carbocycles. The van der Waals surface area contributed by atoms with Gasteiger partial charge in [-0.25, -0.2) is 9.97 Å². The summed E-state index contributed by atoms with van der Waals surface area (Å²) in [6, 6.07) is 0. The highest BCUT2D eigenvalue weighted by atomic mass is 35.5. The third-order valence-corrected chi connectivity index (χ3v) is 4.11. The van der Waals surface area contributed by atoms with Crippen molar-refractivity contribution in [1.29, 1.82) is 0 Å². The Hall–Kier alpha value is -0.870. The summed E-state index contributed by atoms with van der Waals surface area (Å²) in [5.41, 5.74) is 1.76. The van der Waals surface area contributed by atoms with Gasteiger partial charge in [0.15, 0.2) is 11.0 Å². The molecule has 1 aliphatic rings. The molecule has 1 fully saturated rings. The Labute approximate surface area is 113 Å². The number of anilines is 1. The summed E-state index contributed by atoms with van der Waals surface area (Å²) in [5, 5.41) is 13.0. The second-order valence-corrected chi connectivity index (χ2v) is 5.41. The van der Waals surface area contributed by atoms with Crippen molar-refractivity contribution in [3.8, 4) is 0 Å². The molecule has 1 saturated carbocycles. The van der Waals surface area contributed by atoms with Crippen LogP contribution in [-0.4, -0.2) is 28.2 Å². The van der Waals surface area contributed by atoms with Gasteiger partial charge < -0.3 is 10.4 Å². The Morgan fingerprint density at radius 2 is 1.89 bits per heavy atom. The lowest BCUT2D eigenvalue weighted by atomic mass is 9.97. The van der Waals surface area contributed by atoms with Gasteiger partial charge in [0.25, 0.3) is 0 Å².